The number of amides is 1. The number of ether oxygens (including phenoxy) is 1. The molecule has 1 N–H and O–H groups in total. The highest BCUT2D eigenvalue weighted by Crippen LogP contribution is 2.30. The molecule has 118 valence electrons. The first-order chi connectivity index (χ1) is 11.3. The highest BCUT2D eigenvalue weighted by Gasteiger charge is 2.14. The zero-order valence-electron chi connectivity index (χ0n) is 12.6. The summed E-state index contributed by atoms with van der Waals surface area (Å²) in [6.07, 6.45) is 2.53. The van der Waals surface area contributed by atoms with Crippen molar-refractivity contribution in [1.82, 2.24) is 4.98 Å². The largest absolute Gasteiger partial charge is 0.491 e. The number of carbonyl (C=O) groups excluding carboxylic acids is 1. The van der Waals surface area contributed by atoms with Gasteiger partial charge in [-0.1, -0.05) is 25.1 Å². The van der Waals surface area contributed by atoms with Crippen LogP contribution < -0.4 is 10.1 Å². The molecule has 4 nitrogen and oxygen atoms in total. The van der Waals surface area contributed by atoms with Crippen LogP contribution >= 0.6 is 22.7 Å². The van der Waals surface area contributed by atoms with Gasteiger partial charge in [0.1, 0.15) is 15.6 Å². The standard InChI is InChI=1S/C17H16N2O2S2/c1-2-9-21-13-7-4-3-6-12(13)19-16(20)15-11-18-17(23-15)14-8-5-10-22-14/h3-8,10-11H,2,9H2,1H3,(H,19,20). The predicted octanol–water partition coefficient (Wildman–Crippen LogP) is 4.91. The molecule has 3 aromatic rings. The maximum Gasteiger partial charge on any atom is 0.267 e. The minimum absolute atomic E-state index is 0.169. The van der Waals surface area contributed by atoms with E-state index >= 15 is 0 Å². The third-order valence-corrected chi connectivity index (χ3v) is 5.09. The molecule has 0 aliphatic rings. The average Bonchev–Trinajstić information content (AvgIpc) is 3.24. The molecule has 6 heteroatoms. The highest BCUT2D eigenvalue weighted by molar-refractivity contribution is 7.22. The van der Waals surface area contributed by atoms with Crippen LogP contribution in [0.4, 0.5) is 5.69 Å². The summed E-state index contributed by atoms with van der Waals surface area (Å²) in [4.78, 5) is 18.4. The molecule has 0 aliphatic carbocycles. The first-order valence-corrected chi connectivity index (χ1v) is 9.00. The summed E-state index contributed by atoms with van der Waals surface area (Å²) in [6.45, 7) is 2.67. The maximum absolute atomic E-state index is 12.4. The molecule has 1 aromatic carbocycles. The van der Waals surface area contributed by atoms with E-state index in [0.717, 1.165) is 16.3 Å². The lowest BCUT2D eigenvalue weighted by Crippen LogP contribution is -2.11. The maximum atomic E-state index is 12.4. The van der Waals surface area contributed by atoms with Crippen LogP contribution in [-0.2, 0) is 0 Å². The fraction of sp³-hybridized carbons (Fsp3) is 0.176. The zero-order chi connectivity index (χ0) is 16.1. The van der Waals surface area contributed by atoms with Gasteiger partial charge in [0.15, 0.2) is 0 Å². The van der Waals surface area contributed by atoms with Gasteiger partial charge in [0.05, 0.1) is 23.4 Å². The predicted molar refractivity (Wildman–Crippen MR) is 95.6 cm³/mol. The fourth-order valence-electron chi connectivity index (χ4n) is 1.98. The van der Waals surface area contributed by atoms with Gasteiger partial charge < -0.3 is 10.1 Å². The summed E-state index contributed by atoms with van der Waals surface area (Å²) < 4.78 is 5.66. The number of nitrogens with zero attached hydrogens (tertiary/aromatic N) is 1. The van der Waals surface area contributed by atoms with Crippen LogP contribution in [-0.4, -0.2) is 17.5 Å². The smallest absolute Gasteiger partial charge is 0.267 e. The second-order valence-corrected chi connectivity index (χ2v) is 6.78. The molecule has 0 fully saturated rings. The lowest BCUT2D eigenvalue weighted by Gasteiger charge is -2.11. The summed E-state index contributed by atoms with van der Waals surface area (Å²) >= 11 is 3.00. The fourth-order valence-corrected chi connectivity index (χ4v) is 3.60. The molecule has 0 atom stereocenters. The van der Waals surface area contributed by atoms with E-state index in [4.69, 9.17) is 4.74 Å². The summed E-state index contributed by atoms with van der Waals surface area (Å²) in [5.41, 5.74) is 0.678. The molecule has 0 saturated carbocycles. The Morgan fingerprint density at radius 1 is 1.26 bits per heavy atom. The van der Waals surface area contributed by atoms with E-state index in [0.29, 0.717) is 22.9 Å². The summed E-state index contributed by atoms with van der Waals surface area (Å²) in [5.74, 6) is 0.517. The van der Waals surface area contributed by atoms with Crippen LogP contribution in [0, 0.1) is 0 Å². The highest BCUT2D eigenvalue weighted by atomic mass is 32.1. The second kappa shape index (κ2) is 7.39. The van der Waals surface area contributed by atoms with E-state index < -0.39 is 0 Å². The van der Waals surface area contributed by atoms with Crippen LogP contribution in [0.15, 0.2) is 48.0 Å². The van der Waals surface area contributed by atoms with Crippen molar-refractivity contribution >= 4 is 34.3 Å². The molecule has 0 bridgehead atoms. The zero-order valence-corrected chi connectivity index (χ0v) is 14.2. The van der Waals surface area contributed by atoms with E-state index in [9.17, 15) is 4.79 Å². The Labute approximate surface area is 142 Å². The molecule has 0 aliphatic heterocycles. The van der Waals surface area contributed by atoms with Crippen LogP contribution in [0.25, 0.3) is 9.88 Å². The second-order valence-electron chi connectivity index (χ2n) is 4.81. The van der Waals surface area contributed by atoms with Crippen molar-refractivity contribution in [2.45, 2.75) is 13.3 Å². The minimum atomic E-state index is -0.169. The SMILES string of the molecule is CCCOc1ccccc1NC(=O)c1cnc(-c2cccs2)s1. The van der Waals surface area contributed by atoms with E-state index in [1.807, 2.05) is 48.7 Å². The van der Waals surface area contributed by atoms with E-state index in [1.54, 1.807) is 17.5 Å². The Balaban J connectivity index is 1.75. The van der Waals surface area contributed by atoms with Gasteiger partial charge in [-0.25, -0.2) is 4.98 Å². The topological polar surface area (TPSA) is 51.2 Å². The molecular weight excluding hydrogens is 328 g/mol. The number of thiazole rings is 1. The molecule has 23 heavy (non-hydrogen) atoms. The van der Waals surface area contributed by atoms with E-state index in [-0.39, 0.29) is 5.91 Å². The van der Waals surface area contributed by atoms with Crippen LogP contribution in [0.1, 0.15) is 23.0 Å². The molecule has 2 aromatic heterocycles. The third kappa shape index (κ3) is 3.78. The number of nitrogens with one attached hydrogen (secondary N) is 1. The van der Waals surface area contributed by atoms with Crippen LogP contribution in [0.3, 0.4) is 0 Å². The number of anilines is 1. The number of aromatic nitrogens is 1. The number of carbonyl (C=O) groups is 1. The number of rotatable bonds is 6. The molecular formula is C17H16N2O2S2. The Kier molecular flexibility index (Phi) is 5.05. The van der Waals surface area contributed by atoms with Gasteiger partial charge in [0, 0.05) is 0 Å². The van der Waals surface area contributed by atoms with Gasteiger partial charge in [0.25, 0.3) is 5.91 Å². The molecule has 0 saturated heterocycles. The van der Waals surface area contributed by atoms with Gasteiger partial charge in [-0.3, -0.25) is 4.79 Å². The Hall–Kier alpha value is -2.18. The van der Waals surface area contributed by atoms with Crippen molar-refractivity contribution < 1.29 is 9.53 Å². The van der Waals surface area contributed by atoms with Gasteiger partial charge in [-0.2, -0.15) is 0 Å². The lowest BCUT2D eigenvalue weighted by atomic mass is 10.3. The Morgan fingerprint density at radius 3 is 2.91 bits per heavy atom. The monoisotopic (exact) mass is 344 g/mol. The molecule has 2 heterocycles. The number of para-hydroxylation sites is 2. The van der Waals surface area contributed by atoms with E-state index in [2.05, 4.69) is 10.3 Å². The first-order valence-electron chi connectivity index (χ1n) is 7.31. The average molecular weight is 344 g/mol. The van der Waals surface area contributed by atoms with Crippen molar-refractivity contribution in [3.8, 4) is 15.6 Å². The molecule has 0 spiro atoms. The third-order valence-electron chi connectivity index (χ3n) is 3.06. The quantitative estimate of drug-likeness (QED) is 0.691. The first kappa shape index (κ1) is 15.7. The van der Waals surface area contributed by atoms with Gasteiger partial charge in [-0.15, -0.1) is 22.7 Å². The van der Waals surface area contributed by atoms with Crippen molar-refractivity contribution in [2.24, 2.45) is 0 Å². The summed E-state index contributed by atoms with van der Waals surface area (Å²) in [6, 6.07) is 11.4. The van der Waals surface area contributed by atoms with Crippen molar-refractivity contribution in [3.05, 3.63) is 52.9 Å². The Bertz CT molecular complexity index is 782. The summed E-state index contributed by atoms with van der Waals surface area (Å²) in [7, 11) is 0. The molecule has 0 unspecified atom stereocenters. The van der Waals surface area contributed by atoms with Gasteiger partial charge in [-0.05, 0) is 30.0 Å². The number of hydrogen-bond donors (Lipinski definition) is 1. The van der Waals surface area contributed by atoms with Crippen molar-refractivity contribution in [3.63, 3.8) is 0 Å². The number of benzene rings is 1. The lowest BCUT2D eigenvalue weighted by molar-refractivity contribution is 0.103. The van der Waals surface area contributed by atoms with Crippen LogP contribution in [0.2, 0.25) is 0 Å². The van der Waals surface area contributed by atoms with Crippen molar-refractivity contribution in [2.75, 3.05) is 11.9 Å². The molecule has 0 radical (unpaired) electrons. The van der Waals surface area contributed by atoms with Crippen molar-refractivity contribution in [1.29, 1.82) is 0 Å². The Morgan fingerprint density at radius 2 is 2.13 bits per heavy atom. The van der Waals surface area contributed by atoms with Gasteiger partial charge >= 0.3 is 0 Å². The number of hydrogen-bond acceptors (Lipinski definition) is 5. The summed E-state index contributed by atoms with van der Waals surface area (Å²) in [5, 5.41) is 5.76. The minimum Gasteiger partial charge on any atom is -0.491 e. The molecule has 3 rings (SSSR count). The molecule has 1 amide bonds. The van der Waals surface area contributed by atoms with E-state index in [1.165, 1.54) is 11.3 Å². The van der Waals surface area contributed by atoms with Crippen LogP contribution in [0.5, 0.6) is 5.75 Å². The van der Waals surface area contributed by atoms with Gasteiger partial charge in [0.2, 0.25) is 0 Å². The normalized spacial score (nSPS) is 10.5. The number of thiophene rings is 1.